The highest BCUT2D eigenvalue weighted by atomic mass is 19.1. The number of aromatic nitrogens is 2. The minimum atomic E-state index is -0.309. The molecule has 0 spiro atoms. The quantitative estimate of drug-likeness (QED) is 0.493. The molecule has 2 aromatic carbocycles. The van der Waals surface area contributed by atoms with Gasteiger partial charge in [0, 0.05) is 17.8 Å². The maximum Gasteiger partial charge on any atom is 0.187 e. The molecular formula is C20H15FN4O. The number of fused-ring (bicyclic) bond motifs is 1. The number of benzene rings is 2. The van der Waals surface area contributed by atoms with Crippen molar-refractivity contribution in [2.45, 2.75) is 6.92 Å². The molecule has 0 fully saturated rings. The summed E-state index contributed by atoms with van der Waals surface area (Å²) in [6.45, 7) is 1.99. The number of hydrogen-bond donors (Lipinski definition) is 1. The highest BCUT2D eigenvalue weighted by Crippen LogP contribution is 2.33. The Hall–Kier alpha value is -3.54. The molecule has 4 rings (SSSR count). The van der Waals surface area contributed by atoms with E-state index in [0.29, 0.717) is 17.2 Å². The molecule has 0 saturated carbocycles. The van der Waals surface area contributed by atoms with E-state index in [1.165, 1.54) is 18.2 Å². The van der Waals surface area contributed by atoms with E-state index in [4.69, 9.17) is 0 Å². The van der Waals surface area contributed by atoms with E-state index in [9.17, 15) is 9.50 Å². The Balaban J connectivity index is 1.88. The lowest BCUT2D eigenvalue weighted by Gasteiger charge is -2.00. The van der Waals surface area contributed by atoms with Gasteiger partial charge in [-0.2, -0.15) is 0 Å². The molecule has 0 unspecified atom stereocenters. The van der Waals surface area contributed by atoms with Gasteiger partial charge in [0.2, 0.25) is 0 Å². The second-order valence-electron chi connectivity index (χ2n) is 5.94. The fourth-order valence-electron chi connectivity index (χ4n) is 2.69. The molecule has 0 bridgehead atoms. The van der Waals surface area contributed by atoms with E-state index in [2.05, 4.69) is 15.2 Å². The van der Waals surface area contributed by atoms with E-state index >= 15 is 0 Å². The van der Waals surface area contributed by atoms with Crippen molar-refractivity contribution in [1.29, 1.82) is 0 Å². The van der Waals surface area contributed by atoms with Crippen LogP contribution in [0.3, 0.4) is 0 Å². The number of phenolic OH excluding ortho intramolecular Hbond substituents is 1. The minimum Gasteiger partial charge on any atom is -0.508 e. The molecule has 0 atom stereocenters. The van der Waals surface area contributed by atoms with Crippen molar-refractivity contribution in [3.8, 4) is 17.0 Å². The Labute approximate surface area is 149 Å². The van der Waals surface area contributed by atoms with Gasteiger partial charge < -0.3 is 5.11 Å². The van der Waals surface area contributed by atoms with Crippen molar-refractivity contribution in [2.24, 2.45) is 10.2 Å². The van der Waals surface area contributed by atoms with Gasteiger partial charge in [-0.05, 0) is 61.0 Å². The number of rotatable bonds is 3. The van der Waals surface area contributed by atoms with Crippen molar-refractivity contribution in [1.82, 2.24) is 9.38 Å². The SMILES string of the molecule is Cc1ccn2c(N=Nc3cccc(O)c3)c(-c3ccc(F)cc3)nc2c1. The molecule has 0 radical (unpaired) electrons. The Kier molecular flexibility index (Phi) is 3.93. The standard InChI is InChI=1S/C20H15FN4O/c1-13-9-10-25-18(11-13)22-19(14-5-7-15(21)8-6-14)20(25)24-23-16-3-2-4-17(26)12-16/h2-12,26H,1H3. The van der Waals surface area contributed by atoms with E-state index in [1.54, 1.807) is 30.3 Å². The number of azo groups is 1. The maximum atomic E-state index is 13.3. The molecule has 0 aliphatic rings. The van der Waals surface area contributed by atoms with Crippen LogP contribution < -0.4 is 0 Å². The summed E-state index contributed by atoms with van der Waals surface area (Å²) < 4.78 is 15.1. The van der Waals surface area contributed by atoms with Crippen LogP contribution in [0.25, 0.3) is 16.9 Å². The first-order valence-electron chi connectivity index (χ1n) is 8.05. The van der Waals surface area contributed by atoms with Crippen LogP contribution in [0.2, 0.25) is 0 Å². The molecule has 4 aromatic rings. The second-order valence-corrected chi connectivity index (χ2v) is 5.94. The summed E-state index contributed by atoms with van der Waals surface area (Å²) in [6.07, 6.45) is 1.88. The van der Waals surface area contributed by atoms with E-state index in [1.807, 2.05) is 29.7 Å². The summed E-state index contributed by atoms with van der Waals surface area (Å²) in [5, 5.41) is 18.1. The Morgan fingerprint density at radius 3 is 2.58 bits per heavy atom. The van der Waals surface area contributed by atoms with Crippen LogP contribution in [-0.2, 0) is 0 Å². The number of imidazole rings is 1. The zero-order chi connectivity index (χ0) is 18.1. The van der Waals surface area contributed by atoms with Gasteiger partial charge in [-0.15, -0.1) is 10.2 Å². The molecule has 2 aromatic heterocycles. The first kappa shape index (κ1) is 16.0. The molecule has 128 valence electrons. The monoisotopic (exact) mass is 346 g/mol. The van der Waals surface area contributed by atoms with Gasteiger partial charge in [-0.25, -0.2) is 9.37 Å². The van der Waals surface area contributed by atoms with E-state index < -0.39 is 0 Å². The van der Waals surface area contributed by atoms with E-state index in [-0.39, 0.29) is 11.6 Å². The number of pyridine rings is 1. The van der Waals surface area contributed by atoms with Crippen LogP contribution >= 0.6 is 0 Å². The van der Waals surface area contributed by atoms with Crippen LogP contribution in [-0.4, -0.2) is 14.5 Å². The summed E-state index contributed by atoms with van der Waals surface area (Å²) in [6, 6.07) is 16.5. The summed E-state index contributed by atoms with van der Waals surface area (Å²) in [5.74, 6) is 0.347. The van der Waals surface area contributed by atoms with Crippen LogP contribution in [0.4, 0.5) is 15.9 Å². The molecule has 0 saturated heterocycles. The summed E-state index contributed by atoms with van der Waals surface area (Å²) in [7, 11) is 0. The van der Waals surface area contributed by atoms with Crippen molar-refractivity contribution >= 4 is 17.2 Å². The van der Waals surface area contributed by atoms with E-state index in [0.717, 1.165) is 16.8 Å². The van der Waals surface area contributed by atoms with Gasteiger partial charge in [-0.3, -0.25) is 4.40 Å². The normalized spacial score (nSPS) is 11.5. The first-order chi connectivity index (χ1) is 12.6. The lowest BCUT2D eigenvalue weighted by atomic mass is 10.1. The van der Waals surface area contributed by atoms with Gasteiger partial charge in [0.1, 0.15) is 22.9 Å². The number of phenols is 1. The van der Waals surface area contributed by atoms with Gasteiger partial charge in [0.05, 0.1) is 5.69 Å². The van der Waals surface area contributed by atoms with Crippen molar-refractivity contribution in [3.05, 3.63) is 78.2 Å². The van der Waals surface area contributed by atoms with Crippen molar-refractivity contribution in [3.63, 3.8) is 0 Å². The third-order valence-corrected chi connectivity index (χ3v) is 3.96. The van der Waals surface area contributed by atoms with Crippen molar-refractivity contribution < 1.29 is 9.50 Å². The lowest BCUT2D eigenvalue weighted by molar-refractivity contribution is 0.475. The molecule has 26 heavy (non-hydrogen) atoms. The Morgan fingerprint density at radius 2 is 1.81 bits per heavy atom. The third-order valence-electron chi connectivity index (χ3n) is 3.96. The molecule has 6 heteroatoms. The highest BCUT2D eigenvalue weighted by molar-refractivity contribution is 5.74. The van der Waals surface area contributed by atoms with Crippen molar-refractivity contribution in [2.75, 3.05) is 0 Å². The number of aromatic hydroxyl groups is 1. The number of hydrogen-bond acceptors (Lipinski definition) is 4. The highest BCUT2D eigenvalue weighted by Gasteiger charge is 2.14. The molecule has 0 amide bonds. The minimum absolute atomic E-state index is 0.119. The average Bonchev–Trinajstić information content (AvgIpc) is 2.98. The fourth-order valence-corrected chi connectivity index (χ4v) is 2.69. The summed E-state index contributed by atoms with van der Waals surface area (Å²) in [5.41, 5.74) is 3.69. The Morgan fingerprint density at radius 1 is 1.00 bits per heavy atom. The average molecular weight is 346 g/mol. The van der Waals surface area contributed by atoms with Gasteiger partial charge >= 0.3 is 0 Å². The topological polar surface area (TPSA) is 62.2 Å². The molecule has 2 heterocycles. The molecule has 0 aliphatic carbocycles. The lowest BCUT2D eigenvalue weighted by Crippen LogP contribution is -1.84. The Bertz CT molecular complexity index is 1120. The first-order valence-corrected chi connectivity index (χ1v) is 8.05. The third kappa shape index (κ3) is 3.04. The van der Waals surface area contributed by atoms with Gasteiger partial charge in [0.15, 0.2) is 5.82 Å². The van der Waals surface area contributed by atoms with Crippen LogP contribution in [0.1, 0.15) is 5.56 Å². The zero-order valence-electron chi connectivity index (χ0n) is 14.0. The smallest absolute Gasteiger partial charge is 0.187 e. The van der Waals surface area contributed by atoms with Crippen LogP contribution in [0, 0.1) is 12.7 Å². The van der Waals surface area contributed by atoms with Gasteiger partial charge in [0.25, 0.3) is 0 Å². The second kappa shape index (κ2) is 6.40. The maximum absolute atomic E-state index is 13.3. The summed E-state index contributed by atoms with van der Waals surface area (Å²) in [4.78, 5) is 4.64. The number of aryl methyl sites for hydroxylation is 1. The van der Waals surface area contributed by atoms with Crippen LogP contribution in [0.5, 0.6) is 5.75 Å². The molecule has 1 N–H and O–H groups in total. The largest absolute Gasteiger partial charge is 0.508 e. The van der Waals surface area contributed by atoms with Gasteiger partial charge in [-0.1, -0.05) is 6.07 Å². The fraction of sp³-hybridized carbons (Fsp3) is 0.0500. The zero-order valence-corrected chi connectivity index (χ0v) is 14.0. The predicted molar refractivity (Wildman–Crippen MR) is 97.6 cm³/mol. The molecular weight excluding hydrogens is 331 g/mol. The summed E-state index contributed by atoms with van der Waals surface area (Å²) >= 11 is 0. The molecule has 0 aliphatic heterocycles. The molecule has 5 nitrogen and oxygen atoms in total. The van der Waals surface area contributed by atoms with Crippen LogP contribution in [0.15, 0.2) is 77.1 Å². The predicted octanol–water partition coefficient (Wildman–Crippen LogP) is 5.57. The number of halogens is 1. The number of nitrogens with zero attached hydrogens (tertiary/aromatic N) is 4.